The van der Waals surface area contributed by atoms with E-state index < -0.39 is 11.6 Å². The van der Waals surface area contributed by atoms with Crippen LogP contribution in [0.15, 0.2) is 44.4 Å². The molecule has 0 unspecified atom stereocenters. The Labute approximate surface area is 120 Å². The van der Waals surface area contributed by atoms with Gasteiger partial charge in [0.1, 0.15) is 5.76 Å². The standard InChI is InChI=1S/C15H14O4S/c1-9-4-6-10(7-5-9)11-8-12(20-3)13(14(16)18-2)15(17)19-11/h4-8H,1-3H3. The average Bonchev–Trinajstić information content (AvgIpc) is 2.46. The van der Waals surface area contributed by atoms with Gasteiger partial charge in [-0.15, -0.1) is 11.8 Å². The highest BCUT2D eigenvalue weighted by Crippen LogP contribution is 2.26. The zero-order valence-electron chi connectivity index (χ0n) is 11.4. The summed E-state index contributed by atoms with van der Waals surface area (Å²) in [5.74, 6) is -0.245. The number of aryl methyl sites for hydroxylation is 1. The fraction of sp³-hybridized carbons (Fsp3) is 0.200. The van der Waals surface area contributed by atoms with Gasteiger partial charge in [0.15, 0.2) is 5.56 Å². The first kappa shape index (κ1) is 14.4. The molecule has 0 fully saturated rings. The molecule has 0 amide bonds. The highest BCUT2D eigenvalue weighted by molar-refractivity contribution is 7.98. The van der Waals surface area contributed by atoms with E-state index in [9.17, 15) is 9.59 Å². The molecule has 2 aromatic rings. The van der Waals surface area contributed by atoms with Crippen molar-refractivity contribution < 1.29 is 13.9 Å². The molecule has 1 heterocycles. The van der Waals surface area contributed by atoms with E-state index in [0.29, 0.717) is 10.7 Å². The summed E-state index contributed by atoms with van der Waals surface area (Å²) >= 11 is 1.30. The van der Waals surface area contributed by atoms with Crippen LogP contribution < -0.4 is 5.63 Å². The minimum Gasteiger partial charge on any atom is -0.465 e. The Hall–Kier alpha value is -2.01. The van der Waals surface area contributed by atoms with E-state index in [1.54, 1.807) is 12.3 Å². The van der Waals surface area contributed by atoms with Crippen LogP contribution in [0.3, 0.4) is 0 Å². The molecule has 1 aromatic heterocycles. The van der Waals surface area contributed by atoms with Crippen LogP contribution in [0.4, 0.5) is 0 Å². The average molecular weight is 290 g/mol. The second-order valence-electron chi connectivity index (χ2n) is 4.20. The van der Waals surface area contributed by atoms with Crippen LogP contribution >= 0.6 is 11.8 Å². The lowest BCUT2D eigenvalue weighted by atomic mass is 10.1. The van der Waals surface area contributed by atoms with Crippen molar-refractivity contribution in [3.05, 3.63) is 51.9 Å². The largest absolute Gasteiger partial charge is 0.465 e. The summed E-state index contributed by atoms with van der Waals surface area (Å²) in [6, 6.07) is 9.29. The quantitative estimate of drug-likeness (QED) is 0.642. The van der Waals surface area contributed by atoms with E-state index in [0.717, 1.165) is 11.1 Å². The van der Waals surface area contributed by atoms with Gasteiger partial charge in [-0.25, -0.2) is 9.59 Å². The monoisotopic (exact) mass is 290 g/mol. The van der Waals surface area contributed by atoms with E-state index in [1.165, 1.54) is 18.9 Å². The summed E-state index contributed by atoms with van der Waals surface area (Å²) in [5, 5.41) is 0. The van der Waals surface area contributed by atoms with Crippen LogP contribution in [0.25, 0.3) is 11.3 Å². The lowest BCUT2D eigenvalue weighted by Crippen LogP contribution is -2.17. The zero-order valence-corrected chi connectivity index (χ0v) is 12.2. The van der Waals surface area contributed by atoms with E-state index in [2.05, 4.69) is 4.74 Å². The molecule has 0 aliphatic carbocycles. The molecule has 0 atom stereocenters. The minimum absolute atomic E-state index is 0.0594. The smallest absolute Gasteiger partial charge is 0.352 e. The minimum atomic E-state index is -0.682. The molecule has 0 N–H and O–H groups in total. The second kappa shape index (κ2) is 5.96. The molecule has 0 aliphatic heterocycles. The van der Waals surface area contributed by atoms with Crippen LogP contribution in [0.1, 0.15) is 15.9 Å². The van der Waals surface area contributed by atoms with E-state index in [1.807, 2.05) is 31.2 Å². The van der Waals surface area contributed by atoms with Crippen molar-refractivity contribution in [2.45, 2.75) is 11.8 Å². The van der Waals surface area contributed by atoms with Gasteiger partial charge in [0.2, 0.25) is 0 Å². The third kappa shape index (κ3) is 2.77. The van der Waals surface area contributed by atoms with Crippen molar-refractivity contribution in [2.24, 2.45) is 0 Å². The van der Waals surface area contributed by atoms with E-state index >= 15 is 0 Å². The van der Waals surface area contributed by atoms with Gasteiger partial charge in [0, 0.05) is 10.5 Å². The molecule has 0 aliphatic rings. The number of carbonyl (C=O) groups excluding carboxylic acids is 1. The maximum absolute atomic E-state index is 12.0. The number of esters is 1. The van der Waals surface area contributed by atoms with Gasteiger partial charge in [-0.05, 0) is 19.2 Å². The van der Waals surface area contributed by atoms with Crippen LogP contribution in [-0.4, -0.2) is 19.3 Å². The summed E-state index contributed by atoms with van der Waals surface area (Å²) in [6.45, 7) is 1.98. The number of thioether (sulfide) groups is 1. The molecule has 0 saturated carbocycles. The molecule has 4 nitrogen and oxygen atoms in total. The topological polar surface area (TPSA) is 56.5 Å². The molecule has 20 heavy (non-hydrogen) atoms. The molecule has 1 aromatic carbocycles. The maximum Gasteiger partial charge on any atom is 0.352 e. The number of methoxy groups -OCH3 is 1. The lowest BCUT2D eigenvalue weighted by Gasteiger charge is -2.07. The maximum atomic E-state index is 12.0. The lowest BCUT2D eigenvalue weighted by molar-refractivity contribution is 0.0591. The third-order valence-electron chi connectivity index (χ3n) is 2.86. The Morgan fingerprint density at radius 1 is 1.25 bits per heavy atom. The molecular weight excluding hydrogens is 276 g/mol. The number of carbonyl (C=O) groups is 1. The first-order valence-corrected chi connectivity index (χ1v) is 7.16. The third-order valence-corrected chi connectivity index (χ3v) is 3.62. The number of ether oxygens (including phenoxy) is 1. The Bertz CT molecular complexity index is 686. The molecule has 104 valence electrons. The van der Waals surface area contributed by atoms with Gasteiger partial charge in [0.25, 0.3) is 0 Å². The van der Waals surface area contributed by atoms with Gasteiger partial charge in [-0.3, -0.25) is 0 Å². The van der Waals surface area contributed by atoms with Gasteiger partial charge in [-0.2, -0.15) is 0 Å². The Morgan fingerprint density at radius 3 is 2.45 bits per heavy atom. The van der Waals surface area contributed by atoms with Crippen LogP contribution in [0.2, 0.25) is 0 Å². The van der Waals surface area contributed by atoms with E-state index in [4.69, 9.17) is 4.42 Å². The molecule has 0 bridgehead atoms. The number of hydrogen-bond acceptors (Lipinski definition) is 5. The summed E-state index contributed by atoms with van der Waals surface area (Å²) < 4.78 is 9.84. The SMILES string of the molecule is COC(=O)c1c(SC)cc(-c2ccc(C)cc2)oc1=O. The first-order valence-electron chi connectivity index (χ1n) is 5.94. The van der Waals surface area contributed by atoms with Crippen molar-refractivity contribution in [1.82, 2.24) is 0 Å². The summed E-state index contributed by atoms with van der Waals surface area (Å²) in [7, 11) is 1.24. The van der Waals surface area contributed by atoms with Gasteiger partial charge >= 0.3 is 11.6 Å². The van der Waals surface area contributed by atoms with Crippen molar-refractivity contribution in [3.63, 3.8) is 0 Å². The molecule has 0 spiro atoms. The predicted molar refractivity (Wildman–Crippen MR) is 78.3 cm³/mol. The zero-order chi connectivity index (χ0) is 14.7. The summed E-state index contributed by atoms with van der Waals surface area (Å²) in [5.41, 5.74) is 1.17. The highest BCUT2D eigenvalue weighted by atomic mass is 32.2. The Morgan fingerprint density at radius 2 is 1.90 bits per heavy atom. The highest BCUT2D eigenvalue weighted by Gasteiger charge is 2.19. The Kier molecular flexibility index (Phi) is 4.29. The second-order valence-corrected chi connectivity index (χ2v) is 5.05. The van der Waals surface area contributed by atoms with E-state index in [-0.39, 0.29) is 5.56 Å². The van der Waals surface area contributed by atoms with Crippen molar-refractivity contribution in [2.75, 3.05) is 13.4 Å². The Balaban J connectivity index is 2.58. The van der Waals surface area contributed by atoms with Gasteiger partial charge in [-0.1, -0.05) is 29.8 Å². The predicted octanol–water partition coefficient (Wildman–Crippen LogP) is 3.12. The molecule has 0 radical (unpaired) electrons. The summed E-state index contributed by atoms with van der Waals surface area (Å²) in [6.07, 6.45) is 1.79. The number of rotatable bonds is 3. The molecular formula is C15H14O4S. The van der Waals surface area contributed by atoms with Gasteiger partial charge < -0.3 is 9.15 Å². The molecule has 0 saturated heterocycles. The first-order chi connectivity index (χ1) is 9.56. The van der Waals surface area contributed by atoms with Crippen LogP contribution in [0, 0.1) is 6.92 Å². The van der Waals surface area contributed by atoms with Crippen molar-refractivity contribution >= 4 is 17.7 Å². The summed E-state index contributed by atoms with van der Waals surface area (Å²) in [4.78, 5) is 24.1. The fourth-order valence-electron chi connectivity index (χ4n) is 1.78. The van der Waals surface area contributed by atoms with Crippen molar-refractivity contribution in [3.8, 4) is 11.3 Å². The van der Waals surface area contributed by atoms with Crippen molar-refractivity contribution in [1.29, 1.82) is 0 Å². The molecule has 2 rings (SSSR count). The molecule has 5 heteroatoms. The fourth-order valence-corrected chi connectivity index (χ4v) is 2.37. The van der Waals surface area contributed by atoms with Gasteiger partial charge in [0.05, 0.1) is 7.11 Å². The number of hydrogen-bond donors (Lipinski definition) is 0. The number of benzene rings is 1. The normalized spacial score (nSPS) is 10.3. The van der Waals surface area contributed by atoms with Crippen LogP contribution in [0.5, 0.6) is 0 Å². The van der Waals surface area contributed by atoms with Crippen LogP contribution in [-0.2, 0) is 4.74 Å².